The summed E-state index contributed by atoms with van der Waals surface area (Å²) in [7, 11) is -3.62. The molecular weight excluding hydrogens is 376 g/mol. The summed E-state index contributed by atoms with van der Waals surface area (Å²) in [6.45, 7) is 8.46. The zero-order chi connectivity index (χ0) is 20.6. The summed E-state index contributed by atoms with van der Waals surface area (Å²) in [5.74, 6) is -0.336. The van der Waals surface area contributed by atoms with Crippen LogP contribution in [0.5, 0.6) is 5.75 Å². The highest BCUT2D eigenvalue weighted by Crippen LogP contribution is 2.27. The first kappa shape index (κ1) is 20.4. The second-order valence-corrected chi connectivity index (χ2v) is 9.32. The van der Waals surface area contributed by atoms with Crippen LogP contribution in [0.4, 0.5) is 0 Å². The van der Waals surface area contributed by atoms with Gasteiger partial charge in [0, 0.05) is 26.2 Å². The highest BCUT2D eigenvalue weighted by atomic mass is 32.2. The summed E-state index contributed by atoms with van der Waals surface area (Å²) in [4.78, 5) is 14.7. The zero-order valence-electron chi connectivity index (χ0n) is 16.7. The van der Waals surface area contributed by atoms with Crippen LogP contribution >= 0.6 is 0 Å². The fourth-order valence-corrected chi connectivity index (χ4v) is 5.66. The number of aromatic hydroxyl groups is 1. The van der Waals surface area contributed by atoms with Crippen molar-refractivity contribution in [3.05, 3.63) is 58.1 Å². The van der Waals surface area contributed by atoms with Crippen LogP contribution in [0.1, 0.15) is 32.6 Å². The molecule has 6 nitrogen and oxygen atoms in total. The third-order valence-electron chi connectivity index (χ3n) is 5.11. The van der Waals surface area contributed by atoms with E-state index in [-0.39, 0.29) is 43.4 Å². The van der Waals surface area contributed by atoms with Crippen molar-refractivity contribution < 1.29 is 18.3 Å². The average molecular weight is 403 g/mol. The molecule has 0 unspecified atom stereocenters. The van der Waals surface area contributed by atoms with Crippen molar-refractivity contribution in [2.24, 2.45) is 0 Å². The molecular formula is C21H26N2O4S. The average Bonchev–Trinajstić information content (AvgIpc) is 2.62. The molecule has 1 fully saturated rings. The first-order valence-corrected chi connectivity index (χ1v) is 10.7. The van der Waals surface area contributed by atoms with Crippen molar-refractivity contribution in [2.45, 2.75) is 32.6 Å². The lowest BCUT2D eigenvalue weighted by molar-refractivity contribution is 0.0694. The standard InChI is InChI=1S/C21H26N2O4S/c1-14-5-6-19(24)18(13-14)21(25)22-7-9-23(10-8-22)28(26,27)20-16(3)11-15(2)12-17(20)4/h5-6,11-13,24H,7-10H2,1-4H3. The first-order valence-electron chi connectivity index (χ1n) is 9.28. The van der Waals surface area contributed by atoms with Crippen molar-refractivity contribution in [1.29, 1.82) is 0 Å². The van der Waals surface area contributed by atoms with Crippen molar-refractivity contribution in [1.82, 2.24) is 9.21 Å². The number of carbonyl (C=O) groups is 1. The highest BCUT2D eigenvalue weighted by Gasteiger charge is 2.32. The maximum atomic E-state index is 13.2. The zero-order valence-corrected chi connectivity index (χ0v) is 17.5. The lowest BCUT2D eigenvalue weighted by Crippen LogP contribution is -2.50. The van der Waals surface area contributed by atoms with Crippen LogP contribution in [-0.4, -0.2) is 54.8 Å². The fraction of sp³-hybridized carbons (Fsp3) is 0.381. The number of phenols is 1. The predicted octanol–water partition coefficient (Wildman–Crippen LogP) is 2.77. The van der Waals surface area contributed by atoms with Crippen LogP contribution in [0.2, 0.25) is 0 Å². The maximum absolute atomic E-state index is 13.2. The maximum Gasteiger partial charge on any atom is 0.257 e. The molecule has 7 heteroatoms. The number of nitrogens with zero attached hydrogens (tertiary/aromatic N) is 2. The Morgan fingerprint density at radius 1 is 0.893 bits per heavy atom. The van der Waals surface area contributed by atoms with Gasteiger partial charge in [-0.3, -0.25) is 4.79 Å². The van der Waals surface area contributed by atoms with E-state index in [0.717, 1.165) is 22.3 Å². The largest absolute Gasteiger partial charge is 0.507 e. The predicted molar refractivity (Wildman–Crippen MR) is 108 cm³/mol. The van der Waals surface area contributed by atoms with E-state index in [1.807, 2.05) is 39.8 Å². The van der Waals surface area contributed by atoms with E-state index in [4.69, 9.17) is 0 Å². The molecule has 28 heavy (non-hydrogen) atoms. The van der Waals surface area contributed by atoms with E-state index in [2.05, 4.69) is 0 Å². The SMILES string of the molecule is Cc1cc(C)c(S(=O)(=O)N2CCN(C(=O)c3cc(C)ccc3O)CC2)c(C)c1. The molecule has 2 aromatic carbocycles. The summed E-state index contributed by atoms with van der Waals surface area (Å²) in [6, 6.07) is 8.65. The third kappa shape index (κ3) is 3.77. The summed E-state index contributed by atoms with van der Waals surface area (Å²) in [5, 5.41) is 10.00. The number of amides is 1. The van der Waals surface area contributed by atoms with Gasteiger partial charge in [0.15, 0.2) is 0 Å². The van der Waals surface area contributed by atoms with Crippen molar-refractivity contribution >= 4 is 15.9 Å². The highest BCUT2D eigenvalue weighted by molar-refractivity contribution is 7.89. The molecule has 0 spiro atoms. The van der Waals surface area contributed by atoms with Gasteiger partial charge in [0.05, 0.1) is 10.5 Å². The quantitative estimate of drug-likeness (QED) is 0.856. The fourth-order valence-electron chi connectivity index (χ4n) is 3.83. The molecule has 2 aromatic rings. The van der Waals surface area contributed by atoms with Gasteiger partial charge in [0.25, 0.3) is 5.91 Å². The number of phenolic OH excluding ortho intramolecular Hbond substituents is 1. The van der Waals surface area contributed by atoms with E-state index in [0.29, 0.717) is 4.90 Å². The molecule has 150 valence electrons. The molecule has 0 bridgehead atoms. The summed E-state index contributed by atoms with van der Waals surface area (Å²) in [6.07, 6.45) is 0. The number of hydrogen-bond acceptors (Lipinski definition) is 4. The van der Waals surface area contributed by atoms with E-state index in [9.17, 15) is 18.3 Å². The van der Waals surface area contributed by atoms with Gasteiger partial charge in [-0.15, -0.1) is 0 Å². The first-order chi connectivity index (χ1) is 13.1. The summed E-state index contributed by atoms with van der Waals surface area (Å²) >= 11 is 0. The lowest BCUT2D eigenvalue weighted by Gasteiger charge is -2.34. The Morgan fingerprint density at radius 3 is 2.04 bits per heavy atom. The Labute approximate surface area is 166 Å². The van der Waals surface area contributed by atoms with E-state index in [1.165, 1.54) is 10.4 Å². The Morgan fingerprint density at radius 2 is 1.46 bits per heavy atom. The van der Waals surface area contributed by atoms with Crippen LogP contribution in [-0.2, 0) is 10.0 Å². The number of sulfonamides is 1. The Hall–Kier alpha value is -2.38. The van der Waals surface area contributed by atoms with Crippen molar-refractivity contribution in [3.63, 3.8) is 0 Å². The molecule has 1 aliphatic rings. The molecule has 1 amide bonds. The normalized spacial score (nSPS) is 15.6. The molecule has 1 aliphatic heterocycles. The monoisotopic (exact) mass is 402 g/mol. The van der Waals surface area contributed by atoms with E-state index in [1.54, 1.807) is 17.0 Å². The third-order valence-corrected chi connectivity index (χ3v) is 7.32. The number of rotatable bonds is 3. The number of hydrogen-bond donors (Lipinski definition) is 1. The number of carbonyl (C=O) groups excluding carboxylic acids is 1. The molecule has 0 aliphatic carbocycles. The molecule has 0 atom stereocenters. The minimum absolute atomic E-state index is 0.0587. The molecule has 0 aromatic heterocycles. The second-order valence-electron chi connectivity index (χ2n) is 7.44. The Bertz CT molecular complexity index is 1000. The van der Waals surface area contributed by atoms with Crippen LogP contribution in [0.15, 0.2) is 35.2 Å². The second kappa shape index (κ2) is 7.56. The smallest absolute Gasteiger partial charge is 0.257 e. The van der Waals surface area contributed by atoms with Crippen molar-refractivity contribution in [3.8, 4) is 5.75 Å². The van der Waals surface area contributed by atoms with E-state index >= 15 is 0 Å². The molecule has 3 rings (SSSR count). The van der Waals surface area contributed by atoms with Gasteiger partial charge in [-0.25, -0.2) is 8.42 Å². The minimum Gasteiger partial charge on any atom is -0.507 e. The molecule has 1 N–H and O–H groups in total. The van der Waals surface area contributed by atoms with Gasteiger partial charge in [0.2, 0.25) is 10.0 Å². The molecule has 1 heterocycles. The molecule has 1 saturated heterocycles. The van der Waals surface area contributed by atoms with Gasteiger partial charge in [-0.1, -0.05) is 29.3 Å². The van der Waals surface area contributed by atoms with Gasteiger partial charge in [-0.2, -0.15) is 4.31 Å². The minimum atomic E-state index is -3.62. The number of aryl methyl sites for hydroxylation is 4. The summed E-state index contributed by atoms with van der Waals surface area (Å²) in [5.41, 5.74) is 3.64. The lowest BCUT2D eigenvalue weighted by atomic mass is 10.1. The van der Waals surface area contributed by atoms with Crippen LogP contribution in [0, 0.1) is 27.7 Å². The van der Waals surface area contributed by atoms with Gasteiger partial charge < -0.3 is 10.0 Å². The van der Waals surface area contributed by atoms with Crippen LogP contribution < -0.4 is 0 Å². The van der Waals surface area contributed by atoms with Gasteiger partial charge in [0.1, 0.15) is 5.75 Å². The number of piperazine rings is 1. The Kier molecular flexibility index (Phi) is 5.50. The molecule has 0 saturated carbocycles. The van der Waals surface area contributed by atoms with Crippen LogP contribution in [0.25, 0.3) is 0 Å². The summed E-state index contributed by atoms with van der Waals surface area (Å²) < 4.78 is 27.8. The van der Waals surface area contributed by atoms with Crippen molar-refractivity contribution in [2.75, 3.05) is 26.2 Å². The Balaban J connectivity index is 1.78. The van der Waals surface area contributed by atoms with Gasteiger partial charge >= 0.3 is 0 Å². The van der Waals surface area contributed by atoms with E-state index < -0.39 is 10.0 Å². The molecule has 0 radical (unpaired) electrons. The number of benzene rings is 2. The topological polar surface area (TPSA) is 77.9 Å². The van der Waals surface area contributed by atoms with Gasteiger partial charge in [-0.05, 0) is 51.0 Å². The van der Waals surface area contributed by atoms with Crippen LogP contribution in [0.3, 0.4) is 0 Å².